The van der Waals surface area contributed by atoms with Crippen LogP contribution in [0.2, 0.25) is 0 Å². The van der Waals surface area contributed by atoms with Crippen LogP contribution in [0.1, 0.15) is 13.8 Å². The highest BCUT2D eigenvalue weighted by Crippen LogP contribution is 2.19. The van der Waals surface area contributed by atoms with E-state index in [9.17, 15) is 15.3 Å². The molecule has 5 heteroatoms. The van der Waals surface area contributed by atoms with Crippen molar-refractivity contribution in [3.63, 3.8) is 0 Å². The van der Waals surface area contributed by atoms with Crippen molar-refractivity contribution in [1.29, 1.82) is 0 Å². The minimum Gasteiger partial charge on any atom is -0.624 e. The van der Waals surface area contributed by atoms with Gasteiger partial charge < -0.3 is 5.21 Å². The zero-order valence-corrected chi connectivity index (χ0v) is 6.93. The first-order valence-corrected chi connectivity index (χ1v) is 3.69. The molecule has 1 heterocycles. The van der Waals surface area contributed by atoms with Crippen LogP contribution >= 0.6 is 0 Å². The van der Waals surface area contributed by atoms with Gasteiger partial charge in [0.1, 0.15) is 5.92 Å². The Hall–Kier alpha value is -1.39. The van der Waals surface area contributed by atoms with Gasteiger partial charge in [0.05, 0.1) is 11.0 Å². The molecule has 0 spiro atoms. The lowest BCUT2D eigenvalue weighted by Crippen LogP contribution is -2.32. The molecule has 12 heavy (non-hydrogen) atoms. The molecule has 0 aromatic rings. The lowest BCUT2D eigenvalue weighted by Gasteiger charge is -2.19. The maximum absolute atomic E-state index is 11.0. The average Bonchev–Trinajstić information content (AvgIpc) is 2.00. The van der Waals surface area contributed by atoms with Gasteiger partial charge in [-0.3, -0.25) is 10.1 Å². The van der Waals surface area contributed by atoms with Crippen LogP contribution in [-0.4, -0.2) is 21.9 Å². The summed E-state index contributed by atoms with van der Waals surface area (Å²) in [5.74, 6) is -0.317. The fourth-order valence-corrected chi connectivity index (χ4v) is 1.13. The molecule has 0 saturated heterocycles. The van der Waals surface area contributed by atoms with E-state index in [0.29, 0.717) is 0 Å². The summed E-state index contributed by atoms with van der Waals surface area (Å²) in [6, 6.07) is -0.351. The van der Waals surface area contributed by atoms with Crippen LogP contribution in [0.4, 0.5) is 0 Å². The monoisotopic (exact) mass is 170 g/mol. The number of hydrogen-bond donors (Lipinski definition) is 0. The highest BCUT2D eigenvalue weighted by molar-refractivity contribution is 5.68. The van der Waals surface area contributed by atoms with Crippen LogP contribution in [0.15, 0.2) is 11.8 Å². The van der Waals surface area contributed by atoms with E-state index in [1.807, 2.05) is 0 Å². The minimum atomic E-state index is -0.440. The number of rotatable bonds is 1. The van der Waals surface area contributed by atoms with Crippen molar-refractivity contribution < 1.29 is 9.66 Å². The van der Waals surface area contributed by atoms with Crippen LogP contribution in [0, 0.1) is 21.2 Å². The maximum Gasteiger partial charge on any atom is 0.261 e. The molecule has 66 valence electrons. The summed E-state index contributed by atoms with van der Waals surface area (Å²) in [6.07, 6.45) is 2.46. The topological polar surface area (TPSA) is 69.2 Å². The smallest absolute Gasteiger partial charge is 0.261 e. The standard InChI is InChI=1S/C7H10N2O3/c1-5-6(2)8(10)4-3-7(5)9(11)12/h3-6H,1-2H3. The van der Waals surface area contributed by atoms with Crippen molar-refractivity contribution in [3.8, 4) is 0 Å². The third-order valence-corrected chi connectivity index (χ3v) is 2.19. The fraction of sp³-hybridized carbons (Fsp3) is 0.571. The first-order chi connectivity index (χ1) is 5.54. The van der Waals surface area contributed by atoms with Crippen LogP contribution in [0.25, 0.3) is 0 Å². The van der Waals surface area contributed by atoms with Crippen molar-refractivity contribution in [3.05, 3.63) is 27.1 Å². The van der Waals surface area contributed by atoms with Gasteiger partial charge >= 0.3 is 0 Å². The van der Waals surface area contributed by atoms with E-state index in [0.717, 1.165) is 4.74 Å². The average molecular weight is 170 g/mol. The van der Waals surface area contributed by atoms with Gasteiger partial charge in [-0.25, -0.2) is 4.74 Å². The quantitative estimate of drug-likeness (QED) is 0.252. The highest BCUT2D eigenvalue weighted by Gasteiger charge is 2.33. The van der Waals surface area contributed by atoms with E-state index in [1.54, 1.807) is 13.8 Å². The van der Waals surface area contributed by atoms with Crippen molar-refractivity contribution in [2.24, 2.45) is 5.92 Å². The van der Waals surface area contributed by atoms with Gasteiger partial charge in [0.15, 0.2) is 12.3 Å². The van der Waals surface area contributed by atoms with Gasteiger partial charge in [-0.05, 0) is 13.8 Å². The minimum absolute atomic E-state index is 0.106. The van der Waals surface area contributed by atoms with Gasteiger partial charge in [-0.2, -0.15) is 0 Å². The van der Waals surface area contributed by atoms with Crippen molar-refractivity contribution in [2.45, 2.75) is 19.9 Å². The molecule has 1 aliphatic rings. The Bertz CT molecular complexity index is 270. The molecule has 0 fully saturated rings. The summed E-state index contributed by atoms with van der Waals surface area (Å²) in [6.45, 7) is 3.35. The van der Waals surface area contributed by atoms with E-state index in [1.165, 1.54) is 12.3 Å². The zero-order valence-electron chi connectivity index (χ0n) is 6.93. The molecule has 0 aromatic carbocycles. The van der Waals surface area contributed by atoms with E-state index in [2.05, 4.69) is 0 Å². The summed E-state index contributed by atoms with van der Waals surface area (Å²) in [7, 11) is 0. The molecule has 5 nitrogen and oxygen atoms in total. The van der Waals surface area contributed by atoms with Crippen LogP contribution in [0.5, 0.6) is 0 Å². The summed E-state index contributed by atoms with van der Waals surface area (Å²) in [4.78, 5) is 9.97. The number of allylic oxidation sites excluding steroid dienone is 1. The van der Waals surface area contributed by atoms with Crippen LogP contribution in [-0.2, 0) is 0 Å². The normalized spacial score (nSPS) is 29.2. The van der Waals surface area contributed by atoms with Crippen LogP contribution in [0.3, 0.4) is 0 Å². The predicted octanol–water partition coefficient (Wildman–Crippen LogP) is 0.766. The van der Waals surface area contributed by atoms with Gasteiger partial charge in [0, 0.05) is 0 Å². The number of nitrogens with zero attached hydrogens (tertiary/aromatic N) is 2. The third-order valence-electron chi connectivity index (χ3n) is 2.19. The molecular formula is C7H10N2O3. The predicted molar refractivity (Wildman–Crippen MR) is 43.4 cm³/mol. The SMILES string of the molecule is CC1C([N+](=O)[O-])=CC=[N+]([O-])C1C. The number of hydrogen-bond acceptors (Lipinski definition) is 3. The molecule has 2 atom stereocenters. The van der Waals surface area contributed by atoms with Gasteiger partial charge in [0.2, 0.25) is 0 Å². The molecule has 0 saturated carbocycles. The lowest BCUT2D eigenvalue weighted by molar-refractivity contribution is -0.518. The molecule has 0 radical (unpaired) electrons. The molecule has 1 aliphatic heterocycles. The van der Waals surface area contributed by atoms with Crippen LogP contribution < -0.4 is 0 Å². The molecule has 0 amide bonds. The molecule has 0 aliphatic carbocycles. The Morgan fingerprint density at radius 3 is 2.67 bits per heavy atom. The van der Waals surface area contributed by atoms with Gasteiger partial charge in [0.25, 0.3) is 5.70 Å². The summed E-state index contributed by atoms with van der Waals surface area (Å²) >= 11 is 0. The van der Waals surface area contributed by atoms with Crippen molar-refractivity contribution >= 4 is 6.21 Å². The van der Waals surface area contributed by atoms with E-state index in [-0.39, 0.29) is 17.7 Å². The lowest BCUT2D eigenvalue weighted by atomic mass is 9.98. The molecule has 0 bridgehead atoms. The summed E-state index contributed by atoms with van der Waals surface area (Å²) in [5.41, 5.74) is 0.106. The molecule has 1 rings (SSSR count). The second kappa shape index (κ2) is 2.92. The molecular weight excluding hydrogens is 160 g/mol. The third kappa shape index (κ3) is 1.30. The van der Waals surface area contributed by atoms with Crippen molar-refractivity contribution in [1.82, 2.24) is 0 Å². The fourth-order valence-electron chi connectivity index (χ4n) is 1.13. The van der Waals surface area contributed by atoms with Gasteiger partial charge in [-0.1, -0.05) is 0 Å². The zero-order chi connectivity index (χ0) is 9.30. The Morgan fingerprint density at radius 1 is 1.58 bits per heavy atom. The largest absolute Gasteiger partial charge is 0.624 e. The van der Waals surface area contributed by atoms with E-state index in [4.69, 9.17) is 0 Å². The second-order valence-corrected chi connectivity index (χ2v) is 2.89. The van der Waals surface area contributed by atoms with Crippen molar-refractivity contribution in [2.75, 3.05) is 0 Å². The maximum atomic E-state index is 11.0. The molecule has 0 aromatic heterocycles. The Balaban J connectivity index is 2.97. The number of nitro groups is 1. The first kappa shape index (κ1) is 8.70. The van der Waals surface area contributed by atoms with Gasteiger partial charge in [-0.15, -0.1) is 0 Å². The second-order valence-electron chi connectivity index (χ2n) is 2.89. The van der Waals surface area contributed by atoms with E-state index < -0.39 is 4.92 Å². The summed E-state index contributed by atoms with van der Waals surface area (Å²) in [5, 5.41) is 21.4. The molecule has 2 unspecified atom stereocenters. The number of hydroxylamine groups is 1. The Kier molecular flexibility index (Phi) is 2.12. The summed E-state index contributed by atoms with van der Waals surface area (Å²) < 4.78 is 0.734. The Morgan fingerprint density at radius 2 is 2.17 bits per heavy atom. The van der Waals surface area contributed by atoms with E-state index >= 15 is 0 Å². The Labute approximate surface area is 69.7 Å². The highest BCUT2D eigenvalue weighted by atomic mass is 16.6. The first-order valence-electron chi connectivity index (χ1n) is 3.69. The molecule has 0 N–H and O–H groups in total.